The van der Waals surface area contributed by atoms with Gasteiger partial charge in [0.1, 0.15) is 17.4 Å². The highest BCUT2D eigenvalue weighted by Gasteiger charge is 2.44. The minimum absolute atomic E-state index is 0.0936. The highest BCUT2D eigenvalue weighted by molar-refractivity contribution is 6.30. The van der Waals surface area contributed by atoms with Crippen LogP contribution in [0.2, 0.25) is 5.02 Å². The third-order valence-electron chi connectivity index (χ3n) is 9.52. The summed E-state index contributed by atoms with van der Waals surface area (Å²) in [6, 6.07) is 20.6. The fourth-order valence-electron chi connectivity index (χ4n) is 7.49. The molecule has 0 unspecified atom stereocenters. The van der Waals surface area contributed by atoms with Crippen LogP contribution in [0.5, 0.6) is 5.75 Å². The summed E-state index contributed by atoms with van der Waals surface area (Å²) in [5.41, 5.74) is 5.23. The number of amides is 1. The summed E-state index contributed by atoms with van der Waals surface area (Å²) in [6.07, 6.45) is 3.58. The average Bonchev–Trinajstić information content (AvgIpc) is 3.49. The lowest BCUT2D eigenvalue weighted by atomic mass is 9.69. The van der Waals surface area contributed by atoms with Crippen LogP contribution in [0, 0.1) is 11.3 Å². The maximum absolute atomic E-state index is 13.2. The molecule has 1 amide bonds. The number of para-hydroxylation sites is 1. The summed E-state index contributed by atoms with van der Waals surface area (Å²) in [5.74, 6) is 0.836. The van der Waals surface area contributed by atoms with Gasteiger partial charge in [0.25, 0.3) is 0 Å². The van der Waals surface area contributed by atoms with Gasteiger partial charge in [0, 0.05) is 61.3 Å². The molecule has 2 saturated heterocycles. The van der Waals surface area contributed by atoms with Crippen molar-refractivity contribution in [1.29, 1.82) is 5.26 Å². The molecular weight excluding hydrogens is 598 g/mol. The zero-order chi connectivity index (χ0) is 32.5. The molecule has 9 heteroatoms. The summed E-state index contributed by atoms with van der Waals surface area (Å²) in [5, 5.41) is 10.4. The van der Waals surface area contributed by atoms with Crippen molar-refractivity contribution >= 4 is 23.4 Å². The second-order valence-electron chi connectivity index (χ2n) is 13.8. The number of carbonyl (C=O) groups is 1. The van der Waals surface area contributed by atoms with Crippen LogP contribution in [0.4, 0.5) is 10.5 Å². The summed E-state index contributed by atoms with van der Waals surface area (Å²) < 4.78 is 11.8. The van der Waals surface area contributed by atoms with Gasteiger partial charge >= 0.3 is 6.09 Å². The van der Waals surface area contributed by atoms with Gasteiger partial charge in [-0.15, -0.1) is 0 Å². The van der Waals surface area contributed by atoms with Gasteiger partial charge in [-0.2, -0.15) is 5.26 Å². The highest BCUT2D eigenvalue weighted by Crippen LogP contribution is 2.44. The van der Waals surface area contributed by atoms with E-state index in [1.807, 2.05) is 62.9 Å². The van der Waals surface area contributed by atoms with Crippen LogP contribution in [0.3, 0.4) is 0 Å². The molecule has 0 bridgehead atoms. The van der Waals surface area contributed by atoms with E-state index in [0.29, 0.717) is 17.2 Å². The molecule has 6 rings (SSSR count). The third-order valence-corrected chi connectivity index (χ3v) is 9.76. The predicted octanol–water partition coefficient (Wildman–Crippen LogP) is 7.43. The molecule has 1 atom stereocenters. The molecule has 8 nitrogen and oxygen atoms in total. The van der Waals surface area contributed by atoms with E-state index in [1.165, 1.54) is 5.56 Å². The molecule has 0 aliphatic carbocycles. The Morgan fingerprint density at radius 2 is 1.89 bits per heavy atom. The smallest absolute Gasteiger partial charge is 0.410 e. The Hall–Kier alpha value is -3.80. The molecule has 2 aromatic carbocycles. The number of aromatic nitrogens is 1. The van der Waals surface area contributed by atoms with Crippen LogP contribution in [0.15, 0.2) is 54.6 Å². The fourth-order valence-corrected chi connectivity index (χ4v) is 7.66. The maximum atomic E-state index is 13.2. The molecule has 46 heavy (non-hydrogen) atoms. The number of likely N-dealkylation sites (tertiary alicyclic amines) is 1. The number of anilines is 1. The van der Waals surface area contributed by atoms with Gasteiger partial charge < -0.3 is 19.3 Å². The number of fused-ring (bicyclic) bond motifs is 2. The predicted molar refractivity (Wildman–Crippen MR) is 181 cm³/mol. The molecule has 1 aromatic heterocycles. The van der Waals surface area contributed by atoms with Crippen molar-refractivity contribution < 1.29 is 14.3 Å². The number of benzene rings is 2. The van der Waals surface area contributed by atoms with E-state index in [-0.39, 0.29) is 17.6 Å². The van der Waals surface area contributed by atoms with Crippen molar-refractivity contribution in [2.24, 2.45) is 0 Å². The van der Waals surface area contributed by atoms with Crippen LogP contribution < -0.4 is 9.64 Å². The van der Waals surface area contributed by atoms with Crippen LogP contribution in [0.25, 0.3) is 11.3 Å². The standard InChI is InChI=1S/C37H44ClN5O3/c1-5-45-34-11-7-6-10-29(34)31-14-13-30-32(40-31)24-41(23-28-9-8-18-43(28)35(44)46-36(2,3)4)25-37(30)16-19-42(20-17-37)33-15-12-27(38)21-26(33)22-39/h6-7,10-15,21,28H,5,8-9,16-20,23-25H2,1-4H3/t28-/m1/s1. The van der Waals surface area contributed by atoms with Crippen molar-refractivity contribution in [3.8, 4) is 23.1 Å². The number of halogens is 1. The molecule has 0 N–H and O–H groups in total. The van der Waals surface area contributed by atoms with Gasteiger partial charge in [-0.1, -0.05) is 29.8 Å². The number of piperidine rings is 1. The topological polar surface area (TPSA) is 81.9 Å². The first-order valence-corrected chi connectivity index (χ1v) is 16.9. The lowest BCUT2D eigenvalue weighted by Gasteiger charge is -2.49. The minimum Gasteiger partial charge on any atom is -0.493 e. The minimum atomic E-state index is -0.528. The number of hydrogen-bond donors (Lipinski definition) is 0. The van der Waals surface area contributed by atoms with Crippen molar-refractivity contribution in [1.82, 2.24) is 14.8 Å². The Bertz CT molecular complexity index is 1620. The first-order valence-electron chi connectivity index (χ1n) is 16.5. The van der Waals surface area contributed by atoms with E-state index in [0.717, 1.165) is 93.3 Å². The number of rotatable bonds is 6. The molecule has 3 aliphatic heterocycles. The van der Waals surface area contributed by atoms with Crippen molar-refractivity contribution in [2.45, 2.75) is 77.0 Å². The summed E-state index contributed by atoms with van der Waals surface area (Å²) in [6.45, 7) is 13.1. The van der Waals surface area contributed by atoms with Crippen molar-refractivity contribution in [3.63, 3.8) is 0 Å². The maximum Gasteiger partial charge on any atom is 0.410 e. The Labute approximate surface area is 277 Å². The number of nitrogens with zero attached hydrogens (tertiary/aromatic N) is 5. The highest BCUT2D eigenvalue weighted by atomic mass is 35.5. The number of hydrogen-bond acceptors (Lipinski definition) is 7. The second-order valence-corrected chi connectivity index (χ2v) is 14.2. The van der Waals surface area contributed by atoms with Crippen LogP contribution in [-0.2, 0) is 16.7 Å². The first-order chi connectivity index (χ1) is 22.1. The summed E-state index contributed by atoms with van der Waals surface area (Å²) in [4.78, 5) is 25.2. The van der Waals surface area contributed by atoms with E-state index in [2.05, 4.69) is 34.1 Å². The zero-order valence-corrected chi connectivity index (χ0v) is 28.1. The van der Waals surface area contributed by atoms with Gasteiger partial charge in [0.2, 0.25) is 0 Å². The van der Waals surface area contributed by atoms with Gasteiger partial charge in [-0.25, -0.2) is 4.79 Å². The SMILES string of the molecule is CCOc1ccccc1-c1ccc2c(n1)CN(C[C@H]1CCCN1C(=O)OC(C)(C)C)CC21CCN(c2ccc(Cl)cc2C#N)CC1. The molecule has 0 saturated carbocycles. The Kier molecular flexibility index (Phi) is 9.18. The van der Waals surface area contributed by atoms with E-state index < -0.39 is 5.60 Å². The average molecular weight is 642 g/mol. The van der Waals surface area contributed by atoms with Crippen LogP contribution in [-0.4, -0.2) is 71.9 Å². The Morgan fingerprint density at radius 1 is 1.11 bits per heavy atom. The van der Waals surface area contributed by atoms with E-state index in [9.17, 15) is 10.1 Å². The fraction of sp³-hybridized carbons (Fsp3) is 0.486. The Balaban J connectivity index is 1.31. The molecule has 0 radical (unpaired) electrons. The quantitative estimate of drug-likeness (QED) is 0.277. The van der Waals surface area contributed by atoms with E-state index >= 15 is 0 Å². The first kappa shape index (κ1) is 32.2. The zero-order valence-electron chi connectivity index (χ0n) is 27.4. The molecule has 3 aliphatic rings. The van der Waals surface area contributed by atoms with Crippen LogP contribution in [0.1, 0.15) is 70.2 Å². The molecule has 3 aromatic rings. The van der Waals surface area contributed by atoms with E-state index in [1.54, 1.807) is 6.07 Å². The third kappa shape index (κ3) is 6.67. The molecule has 242 valence electrons. The second kappa shape index (κ2) is 13.1. The van der Waals surface area contributed by atoms with Gasteiger partial charge in [0.15, 0.2) is 0 Å². The number of ether oxygens (including phenoxy) is 2. The van der Waals surface area contributed by atoms with Gasteiger partial charge in [-0.05, 0) is 95.3 Å². The van der Waals surface area contributed by atoms with Gasteiger partial charge in [-0.3, -0.25) is 9.88 Å². The number of nitriles is 1. The molecule has 2 fully saturated rings. The molecule has 1 spiro atoms. The Morgan fingerprint density at radius 3 is 2.63 bits per heavy atom. The lowest BCUT2D eigenvalue weighted by molar-refractivity contribution is 0.0176. The summed E-state index contributed by atoms with van der Waals surface area (Å²) in [7, 11) is 0. The molecule has 4 heterocycles. The normalized spacial score (nSPS) is 19.5. The van der Waals surface area contributed by atoms with Gasteiger partial charge in [0.05, 0.1) is 29.2 Å². The summed E-state index contributed by atoms with van der Waals surface area (Å²) >= 11 is 6.22. The van der Waals surface area contributed by atoms with E-state index in [4.69, 9.17) is 26.1 Å². The van der Waals surface area contributed by atoms with Crippen molar-refractivity contribution in [3.05, 3.63) is 76.4 Å². The number of pyridine rings is 1. The molecular formula is C37H44ClN5O3. The van der Waals surface area contributed by atoms with Crippen LogP contribution >= 0.6 is 11.6 Å². The number of carbonyl (C=O) groups excluding carboxylic acids is 1. The monoisotopic (exact) mass is 641 g/mol. The lowest BCUT2D eigenvalue weighted by Crippen LogP contribution is -2.54. The van der Waals surface area contributed by atoms with Crippen molar-refractivity contribution in [2.75, 3.05) is 44.2 Å². The largest absolute Gasteiger partial charge is 0.493 e.